The maximum atomic E-state index is 11.5. The number of aliphatic carboxylic acids is 1. The summed E-state index contributed by atoms with van der Waals surface area (Å²) >= 11 is 5.97. The molecule has 1 saturated heterocycles. The van der Waals surface area contributed by atoms with Crippen molar-refractivity contribution in [3.8, 4) is 0 Å². The van der Waals surface area contributed by atoms with Crippen LogP contribution in [-0.4, -0.2) is 38.6 Å². The minimum atomic E-state index is -0.683. The van der Waals surface area contributed by atoms with Gasteiger partial charge in [0.25, 0.3) is 0 Å². The number of carboxylic acid groups (broad SMARTS) is 1. The predicted molar refractivity (Wildman–Crippen MR) is 73.1 cm³/mol. The van der Waals surface area contributed by atoms with Crippen LogP contribution in [0.1, 0.15) is 32.0 Å². The second-order valence-electron chi connectivity index (χ2n) is 5.31. The van der Waals surface area contributed by atoms with Gasteiger partial charge in [-0.15, -0.1) is 0 Å². The van der Waals surface area contributed by atoms with E-state index in [9.17, 15) is 9.90 Å². The van der Waals surface area contributed by atoms with Crippen molar-refractivity contribution in [1.29, 1.82) is 0 Å². The molecule has 2 heterocycles. The summed E-state index contributed by atoms with van der Waals surface area (Å²) < 4.78 is 1.84. The highest BCUT2D eigenvalue weighted by molar-refractivity contribution is 6.29. The molecule has 106 valence electrons. The van der Waals surface area contributed by atoms with E-state index in [1.54, 1.807) is 6.20 Å². The third-order valence-electron chi connectivity index (χ3n) is 4.18. The van der Waals surface area contributed by atoms with Gasteiger partial charge in [-0.3, -0.25) is 9.69 Å². The van der Waals surface area contributed by atoms with Gasteiger partial charge in [0.15, 0.2) is 0 Å². The second kappa shape index (κ2) is 5.51. The smallest absolute Gasteiger partial charge is 0.310 e. The average Bonchev–Trinajstić information content (AvgIpc) is 2.71. The van der Waals surface area contributed by atoms with Crippen LogP contribution in [0, 0.1) is 5.41 Å². The van der Waals surface area contributed by atoms with Crippen LogP contribution < -0.4 is 0 Å². The first kappa shape index (κ1) is 14.3. The highest BCUT2D eigenvalue weighted by atomic mass is 35.5. The molecule has 0 bridgehead atoms. The molecule has 0 aliphatic carbocycles. The van der Waals surface area contributed by atoms with Crippen LogP contribution in [0.2, 0.25) is 5.15 Å². The van der Waals surface area contributed by atoms with E-state index in [4.69, 9.17) is 11.6 Å². The first-order valence-electron chi connectivity index (χ1n) is 6.60. The summed E-state index contributed by atoms with van der Waals surface area (Å²) in [5.74, 6) is 0.194. The third kappa shape index (κ3) is 2.77. The van der Waals surface area contributed by atoms with E-state index in [1.165, 1.54) is 0 Å². The first-order chi connectivity index (χ1) is 8.98. The number of rotatable bonds is 4. The summed E-state index contributed by atoms with van der Waals surface area (Å²) in [5, 5.41) is 10.1. The standard InChI is InChI=1S/C13H20ClN3O2/c1-3-13(12(18)19)5-4-6-17(9-13)8-11-15-7-10(14)16(11)2/h7H,3-6,8-9H2,1-2H3,(H,18,19). The van der Waals surface area contributed by atoms with Crippen molar-refractivity contribution in [2.75, 3.05) is 13.1 Å². The molecule has 19 heavy (non-hydrogen) atoms. The Morgan fingerprint density at radius 3 is 2.89 bits per heavy atom. The summed E-state index contributed by atoms with van der Waals surface area (Å²) in [5.41, 5.74) is -0.604. The topological polar surface area (TPSA) is 58.4 Å². The molecule has 1 aliphatic rings. The summed E-state index contributed by atoms with van der Waals surface area (Å²) in [6.45, 7) is 4.11. The minimum absolute atomic E-state index is 0.587. The zero-order chi connectivity index (χ0) is 14.0. The van der Waals surface area contributed by atoms with Gasteiger partial charge in [-0.2, -0.15) is 0 Å². The number of nitrogens with zero attached hydrogens (tertiary/aromatic N) is 3. The normalized spacial score (nSPS) is 24.6. The Hall–Kier alpha value is -1.07. The molecule has 1 aromatic rings. The van der Waals surface area contributed by atoms with Gasteiger partial charge in [0.2, 0.25) is 0 Å². The van der Waals surface area contributed by atoms with Gasteiger partial charge >= 0.3 is 5.97 Å². The van der Waals surface area contributed by atoms with Gasteiger partial charge in [-0.1, -0.05) is 18.5 Å². The van der Waals surface area contributed by atoms with E-state index in [0.29, 0.717) is 24.7 Å². The molecule has 0 radical (unpaired) electrons. The van der Waals surface area contributed by atoms with Crippen LogP contribution in [0.5, 0.6) is 0 Å². The number of carboxylic acids is 1. The van der Waals surface area contributed by atoms with Crippen molar-refractivity contribution in [2.24, 2.45) is 12.5 Å². The number of hydrogen-bond donors (Lipinski definition) is 1. The van der Waals surface area contributed by atoms with Gasteiger partial charge in [-0.05, 0) is 25.8 Å². The summed E-state index contributed by atoms with van der Waals surface area (Å²) in [7, 11) is 1.87. The molecule has 0 saturated carbocycles. The van der Waals surface area contributed by atoms with Gasteiger partial charge in [0.1, 0.15) is 11.0 Å². The number of piperidine rings is 1. The third-order valence-corrected chi connectivity index (χ3v) is 4.53. The molecule has 1 N–H and O–H groups in total. The minimum Gasteiger partial charge on any atom is -0.481 e. The molecule has 0 spiro atoms. The number of aromatic nitrogens is 2. The highest BCUT2D eigenvalue weighted by Gasteiger charge is 2.40. The van der Waals surface area contributed by atoms with E-state index in [-0.39, 0.29) is 0 Å². The lowest BCUT2D eigenvalue weighted by molar-refractivity contribution is -0.153. The number of imidazole rings is 1. The maximum Gasteiger partial charge on any atom is 0.310 e. The van der Waals surface area contributed by atoms with Crippen molar-refractivity contribution in [2.45, 2.75) is 32.7 Å². The Morgan fingerprint density at radius 1 is 1.63 bits per heavy atom. The van der Waals surface area contributed by atoms with Crippen molar-refractivity contribution < 1.29 is 9.90 Å². The summed E-state index contributed by atoms with van der Waals surface area (Å²) in [4.78, 5) is 17.9. The highest BCUT2D eigenvalue weighted by Crippen LogP contribution is 2.34. The second-order valence-corrected chi connectivity index (χ2v) is 5.70. The molecule has 5 nitrogen and oxygen atoms in total. The number of likely N-dealkylation sites (tertiary alicyclic amines) is 1. The molecule has 1 atom stereocenters. The van der Waals surface area contributed by atoms with Crippen LogP contribution in [-0.2, 0) is 18.4 Å². The van der Waals surface area contributed by atoms with E-state index < -0.39 is 11.4 Å². The Balaban J connectivity index is 2.10. The van der Waals surface area contributed by atoms with Gasteiger partial charge in [0, 0.05) is 13.6 Å². The molecule has 6 heteroatoms. The summed E-state index contributed by atoms with van der Waals surface area (Å²) in [6.07, 6.45) is 3.97. The molecule has 1 aliphatic heterocycles. The fourth-order valence-corrected chi connectivity index (χ4v) is 2.89. The Labute approximate surface area is 118 Å². The van der Waals surface area contributed by atoms with Gasteiger partial charge in [-0.25, -0.2) is 4.98 Å². The van der Waals surface area contributed by atoms with Crippen molar-refractivity contribution in [3.63, 3.8) is 0 Å². The van der Waals surface area contributed by atoms with Crippen LogP contribution in [0.25, 0.3) is 0 Å². The first-order valence-corrected chi connectivity index (χ1v) is 6.98. The Kier molecular flexibility index (Phi) is 4.16. The average molecular weight is 286 g/mol. The SMILES string of the molecule is CCC1(C(=O)O)CCCN(Cc2ncc(Cl)n2C)C1. The van der Waals surface area contributed by atoms with E-state index in [2.05, 4.69) is 9.88 Å². The zero-order valence-electron chi connectivity index (χ0n) is 11.4. The lowest BCUT2D eigenvalue weighted by atomic mass is 9.77. The van der Waals surface area contributed by atoms with Gasteiger partial charge in [0.05, 0.1) is 18.2 Å². The lowest BCUT2D eigenvalue weighted by Crippen LogP contribution is -2.47. The van der Waals surface area contributed by atoms with E-state index >= 15 is 0 Å². The van der Waals surface area contributed by atoms with Gasteiger partial charge < -0.3 is 9.67 Å². The maximum absolute atomic E-state index is 11.5. The largest absolute Gasteiger partial charge is 0.481 e. The molecular formula is C13H20ClN3O2. The van der Waals surface area contributed by atoms with Crippen molar-refractivity contribution in [3.05, 3.63) is 17.2 Å². The van der Waals surface area contributed by atoms with Crippen molar-refractivity contribution in [1.82, 2.24) is 14.5 Å². The zero-order valence-corrected chi connectivity index (χ0v) is 12.2. The Morgan fingerprint density at radius 2 is 2.37 bits per heavy atom. The van der Waals surface area contributed by atoms with Crippen molar-refractivity contribution >= 4 is 17.6 Å². The molecule has 1 fully saturated rings. The van der Waals surface area contributed by atoms with E-state index in [1.807, 2.05) is 18.5 Å². The molecule has 2 rings (SSSR count). The molecule has 1 aromatic heterocycles. The van der Waals surface area contributed by atoms with Crippen LogP contribution in [0.3, 0.4) is 0 Å². The quantitative estimate of drug-likeness (QED) is 0.921. The van der Waals surface area contributed by atoms with Crippen LogP contribution in [0.4, 0.5) is 0 Å². The number of halogens is 1. The lowest BCUT2D eigenvalue weighted by Gasteiger charge is -2.39. The Bertz CT molecular complexity index is 474. The molecular weight excluding hydrogens is 266 g/mol. The monoisotopic (exact) mass is 285 g/mol. The van der Waals surface area contributed by atoms with Crippen LogP contribution in [0.15, 0.2) is 6.20 Å². The summed E-state index contributed by atoms with van der Waals surface area (Å²) in [6, 6.07) is 0. The fraction of sp³-hybridized carbons (Fsp3) is 0.692. The molecule has 0 aromatic carbocycles. The number of hydrogen-bond acceptors (Lipinski definition) is 3. The molecule has 1 unspecified atom stereocenters. The fourth-order valence-electron chi connectivity index (χ4n) is 2.75. The molecule has 0 amide bonds. The van der Waals surface area contributed by atoms with Crippen LogP contribution >= 0.6 is 11.6 Å². The van der Waals surface area contributed by atoms with E-state index in [0.717, 1.165) is 25.2 Å². The number of carbonyl (C=O) groups is 1. The predicted octanol–water partition coefficient (Wildman–Crippen LogP) is 2.15.